The summed E-state index contributed by atoms with van der Waals surface area (Å²) in [6.07, 6.45) is 1.27. The van der Waals surface area contributed by atoms with Crippen LogP contribution in [0.2, 0.25) is 0 Å². The first-order valence-corrected chi connectivity index (χ1v) is 12.3. The van der Waals surface area contributed by atoms with Crippen molar-refractivity contribution in [1.82, 2.24) is 25.0 Å². The van der Waals surface area contributed by atoms with Crippen molar-refractivity contribution in [3.05, 3.63) is 77.4 Å². The van der Waals surface area contributed by atoms with Crippen LogP contribution in [0.15, 0.2) is 59.8 Å². The molecule has 0 bridgehead atoms. The van der Waals surface area contributed by atoms with E-state index in [4.69, 9.17) is 0 Å². The number of rotatable bonds is 8. The molecule has 2 heterocycles. The molecule has 178 valence electrons. The zero-order valence-corrected chi connectivity index (χ0v) is 19.9. The lowest BCUT2D eigenvalue weighted by molar-refractivity contribution is -0.133. The third-order valence-corrected chi connectivity index (χ3v) is 6.96. The van der Waals surface area contributed by atoms with Crippen molar-refractivity contribution in [2.75, 3.05) is 18.8 Å². The van der Waals surface area contributed by atoms with E-state index >= 15 is 0 Å². The second-order valence-corrected chi connectivity index (χ2v) is 9.33. The highest BCUT2D eigenvalue weighted by molar-refractivity contribution is 7.99. The van der Waals surface area contributed by atoms with E-state index in [1.165, 1.54) is 23.9 Å². The highest BCUT2D eigenvalue weighted by atomic mass is 32.2. The minimum atomic E-state index is -0.295. The first-order chi connectivity index (χ1) is 16.5. The number of likely N-dealkylation sites (tertiary alicyclic amines) is 1. The molecular weight excluding hydrogens is 453 g/mol. The van der Waals surface area contributed by atoms with E-state index in [9.17, 15) is 14.0 Å². The Morgan fingerprint density at radius 1 is 1.03 bits per heavy atom. The van der Waals surface area contributed by atoms with Crippen LogP contribution < -0.4 is 5.32 Å². The Labute approximate surface area is 202 Å². The molecular formula is C25H28FN5O2S. The van der Waals surface area contributed by atoms with Crippen LogP contribution in [0.1, 0.15) is 29.8 Å². The first kappa shape index (κ1) is 23.9. The average Bonchev–Trinajstić information content (AvgIpc) is 3.21. The van der Waals surface area contributed by atoms with Gasteiger partial charge in [0.05, 0.1) is 12.3 Å². The Bertz CT molecular complexity index is 1110. The van der Waals surface area contributed by atoms with Crippen LogP contribution in [0.4, 0.5) is 4.39 Å². The Hall–Kier alpha value is -3.20. The summed E-state index contributed by atoms with van der Waals surface area (Å²) in [7, 11) is 0. The van der Waals surface area contributed by atoms with Crippen LogP contribution in [0.5, 0.6) is 0 Å². The number of carbonyl (C=O) groups excluding carboxylic acids is 2. The third kappa shape index (κ3) is 6.22. The summed E-state index contributed by atoms with van der Waals surface area (Å²) in [5.74, 6) is 0.711. The molecule has 7 nitrogen and oxygen atoms in total. The predicted octanol–water partition coefficient (Wildman–Crippen LogP) is 3.42. The van der Waals surface area contributed by atoms with E-state index in [0.29, 0.717) is 39.0 Å². The number of hydrogen-bond donors (Lipinski definition) is 1. The van der Waals surface area contributed by atoms with Gasteiger partial charge in [-0.05, 0) is 43.0 Å². The number of thioether (sulfide) groups is 1. The summed E-state index contributed by atoms with van der Waals surface area (Å²) in [6, 6.07) is 16.2. The van der Waals surface area contributed by atoms with E-state index in [1.54, 1.807) is 12.1 Å². The molecule has 0 saturated carbocycles. The van der Waals surface area contributed by atoms with Gasteiger partial charge in [-0.1, -0.05) is 54.2 Å². The Kier molecular flexibility index (Phi) is 7.95. The number of piperidine rings is 1. The van der Waals surface area contributed by atoms with E-state index in [-0.39, 0.29) is 29.3 Å². The van der Waals surface area contributed by atoms with Gasteiger partial charge in [0.1, 0.15) is 11.6 Å². The van der Waals surface area contributed by atoms with Crippen molar-refractivity contribution >= 4 is 23.6 Å². The van der Waals surface area contributed by atoms with Gasteiger partial charge in [-0.2, -0.15) is 0 Å². The number of amides is 2. The summed E-state index contributed by atoms with van der Waals surface area (Å²) in [5, 5.41) is 12.1. The Morgan fingerprint density at radius 3 is 2.44 bits per heavy atom. The smallest absolute Gasteiger partial charge is 0.233 e. The Morgan fingerprint density at radius 2 is 1.74 bits per heavy atom. The van der Waals surface area contributed by atoms with Gasteiger partial charge in [-0.25, -0.2) is 4.39 Å². The van der Waals surface area contributed by atoms with E-state index in [1.807, 2.05) is 34.6 Å². The summed E-state index contributed by atoms with van der Waals surface area (Å²) in [5.41, 5.74) is 2.01. The van der Waals surface area contributed by atoms with Crippen LogP contribution in [-0.4, -0.2) is 50.3 Å². The van der Waals surface area contributed by atoms with Crippen molar-refractivity contribution in [1.29, 1.82) is 0 Å². The molecule has 0 spiro atoms. The topological polar surface area (TPSA) is 80.1 Å². The minimum absolute atomic E-state index is 0.0183. The number of hydrogen-bond acceptors (Lipinski definition) is 5. The molecule has 9 heteroatoms. The maximum absolute atomic E-state index is 13.0. The number of carbonyl (C=O) groups is 2. The molecule has 2 aromatic carbocycles. The highest BCUT2D eigenvalue weighted by Gasteiger charge is 2.27. The quantitative estimate of drug-likeness (QED) is 0.499. The zero-order valence-electron chi connectivity index (χ0n) is 19.1. The lowest BCUT2D eigenvalue weighted by Crippen LogP contribution is -2.43. The molecule has 4 rings (SSSR count). The first-order valence-electron chi connectivity index (χ1n) is 11.4. The minimum Gasteiger partial charge on any atom is -0.352 e. The zero-order chi connectivity index (χ0) is 23.9. The lowest BCUT2D eigenvalue weighted by Gasteiger charge is -2.31. The standard InChI is InChI=1S/C25H28FN5O2S/c1-18-28-29-25(31(18)16-20-5-3-2-4-6-20)34-17-23(32)30-13-11-21(12-14-30)24(33)27-15-19-7-9-22(26)10-8-19/h2-10,21H,11-17H2,1H3,(H,27,33). The summed E-state index contributed by atoms with van der Waals surface area (Å²) in [4.78, 5) is 27.1. The molecule has 1 saturated heterocycles. The largest absolute Gasteiger partial charge is 0.352 e. The number of halogens is 1. The highest BCUT2D eigenvalue weighted by Crippen LogP contribution is 2.22. The van der Waals surface area contributed by atoms with Crippen LogP contribution in [0.3, 0.4) is 0 Å². The SMILES string of the molecule is Cc1nnc(SCC(=O)N2CCC(C(=O)NCc3ccc(F)cc3)CC2)n1Cc1ccccc1. The molecule has 1 fully saturated rings. The fraction of sp³-hybridized carbons (Fsp3) is 0.360. The van der Waals surface area contributed by atoms with Gasteiger partial charge in [0.2, 0.25) is 11.8 Å². The van der Waals surface area contributed by atoms with E-state index in [2.05, 4.69) is 27.6 Å². The molecule has 2 amide bonds. The fourth-order valence-corrected chi connectivity index (χ4v) is 4.85. The predicted molar refractivity (Wildman–Crippen MR) is 129 cm³/mol. The van der Waals surface area contributed by atoms with Crippen LogP contribution >= 0.6 is 11.8 Å². The van der Waals surface area contributed by atoms with E-state index < -0.39 is 0 Å². The molecule has 1 aromatic heterocycles. The second kappa shape index (κ2) is 11.3. The molecule has 0 aliphatic carbocycles. The maximum Gasteiger partial charge on any atom is 0.233 e. The number of nitrogens with zero attached hydrogens (tertiary/aromatic N) is 4. The summed E-state index contributed by atoms with van der Waals surface area (Å²) in [6.45, 7) is 4.06. The summed E-state index contributed by atoms with van der Waals surface area (Å²) < 4.78 is 15.0. The van der Waals surface area contributed by atoms with Crippen LogP contribution in [0.25, 0.3) is 0 Å². The van der Waals surface area contributed by atoms with Crippen LogP contribution in [-0.2, 0) is 22.7 Å². The lowest BCUT2D eigenvalue weighted by atomic mass is 9.96. The van der Waals surface area contributed by atoms with Crippen molar-refractivity contribution in [2.24, 2.45) is 5.92 Å². The van der Waals surface area contributed by atoms with E-state index in [0.717, 1.165) is 22.1 Å². The summed E-state index contributed by atoms with van der Waals surface area (Å²) >= 11 is 1.39. The Balaban J connectivity index is 1.23. The van der Waals surface area contributed by atoms with Gasteiger partial charge in [-0.3, -0.25) is 9.59 Å². The molecule has 1 aliphatic rings. The molecule has 0 unspecified atom stereocenters. The van der Waals surface area contributed by atoms with Gasteiger partial charge in [0, 0.05) is 25.6 Å². The third-order valence-electron chi connectivity index (χ3n) is 6.01. The van der Waals surface area contributed by atoms with Crippen molar-refractivity contribution in [3.8, 4) is 0 Å². The van der Waals surface area contributed by atoms with Gasteiger partial charge in [-0.15, -0.1) is 10.2 Å². The molecule has 0 atom stereocenters. The monoisotopic (exact) mass is 481 g/mol. The normalized spacial score (nSPS) is 14.2. The fourth-order valence-electron chi connectivity index (χ4n) is 3.96. The van der Waals surface area contributed by atoms with Crippen molar-refractivity contribution in [2.45, 2.75) is 38.0 Å². The van der Waals surface area contributed by atoms with Crippen molar-refractivity contribution in [3.63, 3.8) is 0 Å². The van der Waals surface area contributed by atoms with Gasteiger partial charge >= 0.3 is 0 Å². The number of nitrogens with one attached hydrogen (secondary N) is 1. The van der Waals surface area contributed by atoms with Crippen molar-refractivity contribution < 1.29 is 14.0 Å². The number of benzene rings is 2. The maximum atomic E-state index is 13.0. The average molecular weight is 482 g/mol. The number of aromatic nitrogens is 3. The molecule has 3 aromatic rings. The van der Waals surface area contributed by atoms with Gasteiger partial charge in [0.25, 0.3) is 0 Å². The second-order valence-electron chi connectivity index (χ2n) is 8.39. The van der Waals surface area contributed by atoms with Crippen LogP contribution in [0, 0.1) is 18.7 Å². The molecule has 1 aliphatic heterocycles. The molecule has 0 radical (unpaired) electrons. The van der Waals surface area contributed by atoms with Gasteiger partial charge in [0.15, 0.2) is 5.16 Å². The number of aryl methyl sites for hydroxylation is 1. The van der Waals surface area contributed by atoms with Gasteiger partial charge < -0.3 is 14.8 Å². The molecule has 1 N–H and O–H groups in total. The molecule has 34 heavy (non-hydrogen) atoms.